The first-order valence-electron chi connectivity index (χ1n) is 7.95. The van der Waals surface area contributed by atoms with Crippen LogP contribution in [-0.4, -0.2) is 24.0 Å². The number of hydrogen-bond acceptors (Lipinski definition) is 6. The Balaban J connectivity index is 1.95. The maximum Gasteiger partial charge on any atom is 0.260 e. The van der Waals surface area contributed by atoms with Crippen LogP contribution in [0.4, 0.5) is 11.5 Å². The van der Waals surface area contributed by atoms with Crippen LogP contribution in [0.2, 0.25) is 0 Å². The molecule has 4 rings (SSSR count). The van der Waals surface area contributed by atoms with Gasteiger partial charge in [-0.25, -0.2) is 4.98 Å². The Morgan fingerprint density at radius 1 is 1.29 bits per heavy atom. The molecule has 1 saturated heterocycles. The van der Waals surface area contributed by atoms with Crippen LogP contribution in [0.15, 0.2) is 29.1 Å². The van der Waals surface area contributed by atoms with Crippen molar-refractivity contribution in [3.05, 3.63) is 29.5 Å². The van der Waals surface area contributed by atoms with Crippen molar-refractivity contribution in [3.63, 3.8) is 0 Å². The van der Waals surface area contributed by atoms with Crippen LogP contribution in [0.3, 0.4) is 0 Å². The second-order valence-corrected chi connectivity index (χ2v) is 6.98. The van der Waals surface area contributed by atoms with E-state index in [1.54, 1.807) is 12.5 Å². The second kappa shape index (κ2) is 5.83. The van der Waals surface area contributed by atoms with Crippen LogP contribution in [0, 0.1) is 0 Å². The van der Waals surface area contributed by atoms with Crippen molar-refractivity contribution in [1.82, 2.24) is 4.98 Å². The van der Waals surface area contributed by atoms with Gasteiger partial charge in [-0.05, 0) is 31.4 Å². The van der Waals surface area contributed by atoms with Crippen molar-refractivity contribution in [2.24, 2.45) is 5.73 Å². The van der Waals surface area contributed by atoms with E-state index < -0.39 is 5.91 Å². The number of hydrogen-bond donors (Lipinski definition) is 2. The molecule has 7 heteroatoms. The summed E-state index contributed by atoms with van der Waals surface area (Å²) in [7, 11) is 0. The lowest BCUT2D eigenvalue weighted by atomic mass is 10.0. The topological polar surface area (TPSA) is 98.4 Å². The predicted octanol–water partition coefficient (Wildman–Crippen LogP) is 3.23. The number of nitrogen functional groups attached to an aromatic ring is 1. The molecule has 1 amide bonds. The number of amides is 1. The lowest BCUT2D eigenvalue weighted by Crippen LogP contribution is -2.30. The summed E-state index contributed by atoms with van der Waals surface area (Å²) in [6, 6.07) is 3.92. The Morgan fingerprint density at radius 2 is 2.08 bits per heavy atom. The Kier molecular flexibility index (Phi) is 3.65. The highest BCUT2D eigenvalue weighted by Gasteiger charge is 2.22. The standard InChI is InChI=1S/C17H18N4O2S/c18-14-13-11(10-4-7-23-9-10)8-12(21-5-2-1-3-6-21)20-17(13)24-15(14)16(19)22/h4,7-9H,1-3,5-6,18H2,(H2,19,22). The quantitative estimate of drug-likeness (QED) is 0.761. The molecule has 4 heterocycles. The van der Waals surface area contributed by atoms with Crippen molar-refractivity contribution in [2.75, 3.05) is 23.7 Å². The van der Waals surface area contributed by atoms with Gasteiger partial charge in [0.2, 0.25) is 0 Å². The molecule has 1 fully saturated rings. The number of fused-ring (bicyclic) bond motifs is 1. The van der Waals surface area contributed by atoms with Gasteiger partial charge in [0.1, 0.15) is 15.5 Å². The number of carbonyl (C=O) groups is 1. The number of pyridine rings is 1. The Morgan fingerprint density at radius 3 is 2.75 bits per heavy atom. The molecule has 0 bridgehead atoms. The van der Waals surface area contributed by atoms with Gasteiger partial charge in [0.15, 0.2) is 0 Å². The molecule has 0 aliphatic carbocycles. The average Bonchev–Trinajstić information content (AvgIpc) is 3.23. The summed E-state index contributed by atoms with van der Waals surface area (Å²) >= 11 is 1.25. The van der Waals surface area contributed by atoms with Crippen LogP contribution < -0.4 is 16.4 Å². The minimum Gasteiger partial charge on any atom is -0.472 e. The zero-order valence-corrected chi connectivity index (χ0v) is 13.9. The van der Waals surface area contributed by atoms with Gasteiger partial charge in [-0.2, -0.15) is 0 Å². The molecule has 1 aliphatic rings. The molecule has 1 aliphatic heterocycles. The monoisotopic (exact) mass is 342 g/mol. The van der Waals surface area contributed by atoms with Gasteiger partial charge < -0.3 is 20.8 Å². The van der Waals surface area contributed by atoms with Crippen molar-refractivity contribution in [2.45, 2.75) is 19.3 Å². The van der Waals surface area contributed by atoms with Gasteiger partial charge in [-0.1, -0.05) is 0 Å². The van der Waals surface area contributed by atoms with Crippen LogP contribution in [-0.2, 0) is 0 Å². The van der Waals surface area contributed by atoms with E-state index >= 15 is 0 Å². The number of rotatable bonds is 3. The van der Waals surface area contributed by atoms with Gasteiger partial charge in [0.05, 0.1) is 18.2 Å². The second-order valence-electron chi connectivity index (χ2n) is 5.98. The molecule has 24 heavy (non-hydrogen) atoms. The number of piperidine rings is 1. The number of aromatic nitrogens is 1. The van der Waals surface area contributed by atoms with Crippen LogP contribution in [0.25, 0.3) is 21.3 Å². The summed E-state index contributed by atoms with van der Waals surface area (Å²) in [5.41, 5.74) is 13.9. The van der Waals surface area contributed by atoms with Crippen molar-refractivity contribution in [1.29, 1.82) is 0 Å². The molecule has 0 atom stereocenters. The van der Waals surface area contributed by atoms with E-state index in [9.17, 15) is 4.79 Å². The van der Waals surface area contributed by atoms with E-state index in [1.165, 1.54) is 30.6 Å². The third kappa shape index (κ3) is 2.41. The van der Waals surface area contributed by atoms with Crippen LogP contribution >= 0.6 is 11.3 Å². The number of anilines is 2. The molecule has 6 nitrogen and oxygen atoms in total. The van der Waals surface area contributed by atoms with E-state index in [-0.39, 0.29) is 0 Å². The lowest BCUT2D eigenvalue weighted by molar-refractivity contribution is 0.100. The summed E-state index contributed by atoms with van der Waals surface area (Å²) < 4.78 is 5.23. The SMILES string of the molecule is NC(=O)c1sc2nc(N3CCCCC3)cc(-c3ccoc3)c2c1N. The zero-order valence-electron chi connectivity index (χ0n) is 13.1. The fraction of sp³-hybridized carbons (Fsp3) is 0.294. The van der Waals surface area contributed by atoms with Crippen molar-refractivity contribution >= 4 is 39.0 Å². The van der Waals surface area contributed by atoms with Gasteiger partial charge in [-0.15, -0.1) is 11.3 Å². The maximum absolute atomic E-state index is 11.7. The number of nitrogens with two attached hydrogens (primary N) is 2. The number of carbonyl (C=O) groups excluding carboxylic acids is 1. The van der Waals surface area contributed by atoms with Crippen LogP contribution in [0.5, 0.6) is 0 Å². The van der Waals surface area contributed by atoms with Gasteiger partial charge in [0, 0.05) is 29.6 Å². The first-order valence-corrected chi connectivity index (χ1v) is 8.77. The van der Waals surface area contributed by atoms with E-state index in [1.807, 2.05) is 12.1 Å². The maximum atomic E-state index is 11.7. The van der Waals surface area contributed by atoms with Crippen molar-refractivity contribution in [3.8, 4) is 11.1 Å². The molecule has 124 valence electrons. The molecular weight excluding hydrogens is 324 g/mol. The highest BCUT2D eigenvalue weighted by molar-refractivity contribution is 7.21. The minimum absolute atomic E-state index is 0.359. The Labute approximate surface area is 143 Å². The largest absolute Gasteiger partial charge is 0.472 e. The zero-order chi connectivity index (χ0) is 16.7. The molecule has 4 N–H and O–H groups in total. The Bertz CT molecular complexity index is 895. The summed E-state index contributed by atoms with van der Waals surface area (Å²) in [6.45, 7) is 1.99. The molecule has 0 saturated carbocycles. The minimum atomic E-state index is -0.520. The first-order chi connectivity index (χ1) is 11.6. The fourth-order valence-corrected chi connectivity index (χ4v) is 4.19. The molecule has 0 unspecified atom stereocenters. The van der Waals surface area contributed by atoms with Gasteiger partial charge in [0.25, 0.3) is 5.91 Å². The third-order valence-electron chi connectivity index (χ3n) is 4.42. The normalized spacial score (nSPS) is 15.1. The molecule has 3 aromatic rings. The average molecular weight is 342 g/mol. The summed E-state index contributed by atoms with van der Waals surface area (Å²) in [4.78, 5) is 19.8. The summed E-state index contributed by atoms with van der Waals surface area (Å²) in [6.07, 6.45) is 6.89. The Hall–Kier alpha value is -2.54. The third-order valence-corrected chi connectivity index (χ3v) is 5.54. The first kappa shape index (κ1) is 15.0. The highest BCUT2D eigenvalue weighted by atomic mass is 32.1. The fourth-order valence-electron chi connectivity index (χ4n) is 3.22. The number of primary amides is 1. The molecular formula is C17H18N4O2S. The van der Waals surface area contributed by atoms with E-state index in [4.69, 9.17) is 20.9 Å². The molecule has 0 radical (unpaired) electrons. The van der Waals surface area contributed by atoms with E-state index in [0.717, 1.165) is 40.3 Å². The highest BCUT2D eigenvalue weighted by Crippen LogP contribution is 2.41. The number of nitrogens with zero attached hydrogens (tertiary/aromatic N) is 2. The number of thiophene rings is 1. The molecule has 0 aromatic carbocycles. The molecule has 0 spiro atoms. The number of furan rings is 1. The van der Waals surface area contributed by atoms with Gasteiger partial charge in [-0.3, -0.25) is 4.79 Å². The lowest BCUT2D eigenvalue weighted by Gasteiger charge is -2.28. The summed E-state index contributed by atoms with van der Waals surface area (Å²) in [5.74, 6) is 0.392. The van der Waals surface area contributed by atoms with Gasteiger partial charge >= 0.3 is 0 Å². The summed E-state index contributed by atoms with van der Waals surface area (Å²) in [5, 5.41) is 0.774. The smallest absolute Gasteiger partial charge is 0.260 e. The van der Waals surface area contributed by atoms with Crippen LogP contribution in [0.1, 0.15) is 28.9 Å². The molecule has 3 aromatic heterocycles. The van der Waals surface area contributed by atoms with E-state index in [2.05, 4.69) is 4.90 Å². The predicted molar refractivity (Wildman–Crippen MR) is 96.3 cm³/mol. The van der Waals surface area contributed by atoms with Crippen molar-refractivity contribution < 1.29 is 9.21 Å². The van der Waals surface area contributed by atoms with E-state index in [0.29, 0.717) is 10.6 Å².